The van der Waals surface area contributed by atoms with E-state index < -0.39 is 0 Å². The van der Waals surface area contributed by atoms with Gasteiger partial charge in [0.2, 0.25) is 0 Å². The van der Waals surface area contributed by atoms with Crippen LogP contribution in [0, 0.1) is 0 Å². The number of hydrogen-bond acceptors (Lipinski definition) is 0. The zero-order chi connectivity index (χ0) is 19.6. The minimum Gasteiger partial charge on any atom is -0.247 e. The fraction of sp³-hybridized carbons (Fsp3) is 0.880. The number of unbranched alkanes of at least 4 members (excludes halogenated alkanes) is 12. The molecule has 1 aromatic rings. The molecule has 0 saturated heterocycles. The Hall–Kier alpha value is -0.790. The Morgan fingerprint density at radius 3 is 1.70 bits per heavy atom. The molecule has 0 aromatic carbocycles. The number of aromatic amines is 1. The monoisotopic (exact) mass is 377 g/mol. The van der Waals surface area contributed by atoms with Gasteiger partial charge in [-0.1, -0.05) is 111 Å². The summed E-state index contributed by atoms with van der Waals surface area (Å²) in [6.07, 6.45) is 28.2. The lowest BCUT2D eigenvalue weighted by Gasteiger charge is -2.14. The maximum atomic E-state index is 3.57. The molecule has 27 heavy (non-hydrogen) atoms. The third-order valence-electron chi connectivity index (χ3n) is 5.96. The molecular weight excluding hydrogens is 328 g/mol. The summed E-state index contributed by atoms with van der Waals surface area (Å²) in [6.45, 7) is 8.04. The molecule has 158 valence electrons. The number of imidazole rings is 1. The molecule has 1 heterocycles. The highest BCUT2D eigenvalue weighted by molar-refractivity contribution is 4.90. The molecule has 1 rings (SSSR count). The first-order chi connectivity index (χ1) is 13.3. The molecule has 0 amide bonds. The maximum Gasteiger partial charge on any atom is 0.257 e. The first-order valence-electron chi connectivity index (χ1n) is 12.4. The Labute approximate surface area is 170 Å². The molecule has 0 spiro atoms. The average Bonchev–Trinajstić information content (AvgIpc) is 3.13. The molecule has 1 N–H and O–H groups in total. The van der Waals surface area contributed by atoms with Gasteiger partial charge in [0.25, 0.3) is 5.82 Å². The molecule has 0 fully saturated rings. The van der Waals surface area contributed by atoms with Crippen molar-refractivity contribution < 1.29 is 4.57 Å². The van der Waals surface area contributed by atoms with Gasteiger partial charge < -0.3 is 0 Å². The van der Waals surface area contributed by atoms with Gasteiger partial charge in [0.15, 0.2) is 0 Å². The number of H-pyrrole nitrogens is 1. The van der Waals surface area contributed by atoms with Crippen LogP contribution >= 0.6 is 0 Å². The van der Waals surface area contributed by atoms with Crippen molar-refractivity contribution in [3.05, 3.63) is 18.2 Å². The zero-order valence-corrected chi connectivity index (χ0v) is 18.9. The summed E-state index contributed by atoms with van der Waals surface area (Å²) in [5.74, 6) is 2.22. The molecule has 0 saturated carbocycles. The predicted octanol–water partition coefficient (Wildman–Crippen LogP) is 8.08. The second-order valence-corrected chi connectivity index (χ2v) is 8.56. The Balaban J connectivity index is 2.20. The first-order valence-corrected chi connectivity index (χ1v) is 12.4. The van der Waals surface area contributed by atoms with Crippen LogP contribution in [0.5, 0.6) is 0 Å². The van der Waals surface area contributed by atoms with Gasteiger partial charge in [0.1, 0.15) is 12.4 Å². The lowest BCUT2D eigenvalue weighted by Crippen LogP contribution is -2.37. The van der Waals surface area contributed by atoms with Crippen LogP contribution in [0.2, 0.25) is 0 Å². The highest BCUT2D eigenvalue weighted by atomic mass is 15.1. The van der Waals surface area contributed by atoms with Crippen LogP contribution in [-0.4, -0.2) is 4.98 Å². The summed E-state index contributed by atoms with van der Waals surface area (Å²) < 4.78 is 2.47. The number of aryl methyl sites for hydroxylation is 1. The van der Waals surface area contributed by atoms with Gasteiger partial charge in [-0.3, -0.25) is 0 Å². The Morgan fingerprint density at radius 2 is 1.15 bits per heavy atom. The highest BCUT2D eigenvalue weighted by Crippen LogP contribution is 2.25. The van der Waals surface area contributed by atoms with Gasteiger partial charge in [0.05, 0.1) is 12.5 Å². The van der Waals surface area contributed by atoms with Crippen molar-refractivity contribution in [2.24, 2.45) is 0 Å². The summed E-state index contributed by atoms with van der Waals surface area (Å²) in [4.78, 5) is 3.57. The summed E-state index contributed by atoms with van der Waals surface area (Å²) in [6, 6.07) is 0. The van der Waals surface area contributed by atoms with E-state index in [2.05, 4.69) is 42.7 Å². The molecule has 2 nitrogen and oxygen atoms in total. The van der Waals surface area contributed by atoms with Crippen molar-refractivity contribution in [1.82, 2.24) is 4.98 Å². The maximum absolute atomic E-state index is 3.57. The molecule has 1 aromatic heterocycles. The largest absolute Gasteiger partial charge is 0.257 e. The van der Waals surface area contributed by atoms with E-state index in [0.29, 0.717) is 0 Å². The van der Waals surface area contributed by atoms with E-state index >= 15 is 0 Å². The van der Waals surface area contributed by atoms with Crippen molar-refractivity contribution in [3.8, 4) is 0 Å². The summed E-state index contributed by atoms with van der Waals surface area (Å²) >= 11 is 0. The van der Waals surface area contributed by atoms with Crippen molar-refractivity contribution in [2.45, 2.75) is 142 Å². The molecule has 0 aliphatic carbocycles. The van der Waals surface area contributed by atoms with E-state index in [1.165, 1.54) is 115 Å². The molecule has 0 radical (unpaired) electrons. The zero-order valence-electron chi connectivity index (χ0n) is 18.9. The highest BCUT2D eigenvalue weighted by Gasteiger charge is 2.21. The van der Waals surface area contributed by atoms with E-state index in [1.807, 2.05) is 0 Å². The smallest absolute Gasteiger partial charge is 0.247 e. The predicted molar refractivity (Wildman–Crippen MR) is 119 cm³/mol. The van der Waals surface area contributed by atoms with Crippen LogP contribution in [0.3, 0.4) is 0 Å². The normalized spacial score (nSPS) is 12.6. The van der Waals surface area contributed by atoms with E-state index in [-0.39, 0.29) is 0 Å². The van der Waals surface area contributed by atoms with E-state index in [4.69, 9.17) is 0 Å². The lowest BCUT2D eigenvalue weighted by molar-refractivity contribution is -0.704. The van der Waals surface area contributed by atoms with Crippen LogP contribution < -0.4 is 4.57 Å². The minimum absolute atomic E-state index is 0.733. The fourth-order valence-corrected chi connectivity index (χ4v) is 4.28. The van der Waals surface area contributed by atoms with E-state index in [1.54, 1.807) is 0 Å². The quantitative estimate of drug-likeness (QED) is 0.186. The molecule has 0 bridgehead atoms. The van der Waals surface area contributed by atoms with Gasteiger partial charge in [-0.15, -0.1) is 0 Å². The van der Waals surface area contributed by atoms with Crippen LogP contribution in [0.1, 0.15) is 142 Å². The third-order valence-corrected chi connectivity index (χ3v) is 5.96. The number of aromatic nitrogens is 2. The van der Waals surface area contributed by atoms with Gasteiger partial charge in [-0.2, -0.15) is 0 Å². The van der Waals surface area contributed by atoms with Gasteiger partial charge >= 0.3 is 0 Å². The minimum atomic E-state index is 0.733. The standard InChI is InChI=1S/C25H48N2/c1-4-7-9-10-11-12-13-14-15-16-18-20-24(19-17-8-5-2)25-26-21-23-27(25)22-6-3/h21,23-24H,4-20,22H2,1-3H3/p+1/t24-/m0/s1. The van der Waals surface area contributed by atoms with E-state index in [0.717, 1.165) is 12.5 Å². The number of rotatable bonds is 19. The number of hydrogen-bond donors (Lipinski definition) is 1. The number of nitrogens with one attached hydrogen (secondary N) is 1. The van der Waals surface area contributed by atoms with Crippen LogP contribution in [0.4, 0.5) is 0 Å². The van der Waals surface area contributed by atoms with Crippen LogP contribution in [0.25, 0.3) is 0 Å². The number of nitrogens with zero attached hydrogens (tertiary/aromatic N) is 1. The van der Waals surface area contributed by atoms with Gasteiger partial charge in [-0.25, -0.2) is 9.55 Å². The Kier molecular flexibility index (Phi) is 15.6. The summed E-state index contributed by atoms with van der Waals surface area (Å²) in [7, 11) is 0. The SMILES string of the molecule is CCCCCCCCCCCCC[C@H](CCCCC)c1[nH]cc[n+]1CCC. The summed E-state index contributed by atoms with van der Waals surface area (Å²) in [5, 5.41) is 0. The summed E-state index contributed by atoms with van der Waals surface area (Å²) in [5.41, 5.74) is 0. The van der Waals surface area contributed by atoms with Crippen molar-refractivity contribution in [3.63, 3.8) is 0 Å². The second-order valence-electron chi connectivity index (χ2n) is 8.56. The Bertz CT molecular complexity index is 424. The fourth-order valence-electron chi connectivity index (χ4n) is 4.28. The topological polar surface area (TPSA) is 19.7 Å². The molecule has 0 aliphatic rings. The second kappa shape index (κ2) is 17.3. The van der Waals surface area contributed by atoms with Crippen molar-refractivity contribution >= 4 is 0 Å². The van der Waals surface area contributed by atoms with Crippen molar-refractivity contribution in [2.75, 3.05) is 0 Å². The van der Waals surface area contributed by atoms with Crippen LogP contribution in [0.15, 0.2) is 12.4 Å². The molecule has 0 aliphatic heterocycles. The average molecular weight is 378 g/mol. The van der Waals surface area contributed by atoms with Crippen molar-refractivity contribution in [1.29, 1.82) is 0 Å². The first kappa shape index (κ1) is 24.2. The van der Waals surface area contributed by atoms with E-state index in [9.17, 15) is 0 Å². The molecule has 0 unspecified atom stereocenters. The third kappa shape index (κ3) is 11.6. The lowest BCUT2D eigenvalue weighted by atomic mass is 9.93. The molecular formula is C25H49N2+. The molecule has 2 heteroatoms. The van der Waals surface area contributed by atoms with Gasteiger partial charge in [-0.05, 0) is 19.3 Å². The Morgan fingerprint density at radius 1 is 0.667 bits per heavy atom. The molecule has 1 atom stereocenters. The van der Waals surface area contributed by atoms with Crippen LogP contribution in [-0.2, 0) is 6.54 Å². The van der Waals surface area contributed by atoms with Gasteiger partial charge in [0, 0.05) is 0 Å².